The predicted octanol–water partition coefficient (Wildman–Crippen LogP) is 3.67. The molecule has 2 amide bonds. The van der Waals surface area contributed by atoms with E-state index >= 15 is 0 Å². The number of nitrogens with zero attached hydrogens (tertiary/aromatic N) is 2. The minimum atomic E-state index is -3.93. The van der Waals surface area contributed by atoms with Gasteiger partial charge in [0, 0.05) is 37.2 Å². The topological polar surface area (TPSA) is 79.0 Å². The van der Waals surface area contributed by atoms with Gasteiger partial charge in [-0.25, -0.2) is 22.0 Å². The van der Waals surface area contributed by atoms with Crippen LogP contribution in [0, 0.1) is 0 Å². The number of nitrogens with one attached hydrogen (secondary N) is 1. The Balaban J connectivity index is 1.36. The van der Waals surface area contributed by atoms with Gasteiger partial charge in [0.15, 0.2) is 0 Å². The molecule has 1 spiro atoms. The van der Waals surface area contributed by atoms with Gasteiger partial charge in [-0.05, 0) is 43.0 Å². The van der Waals surface area contributed by atoms with E-state index in [0.29, 0.717) is 44.8 Å². The van der Waals surface area contributed by atoms with Crippen molar-refractivity contribution < 1.29 is 26.7 Å². The van der Waals surface area contributed by atoms with Crippen molar-refractivity contribution in [3.8, 4) is 0 Å². The van der Waals surface area contributed by atoms with E-state index in [1.54, 1.807) is 17.0 Å². The first-order chi connectivity index (χ1) is 16.3. The van der Waals surface area contributed by atoms with Crippen molar-refractivity contribution in [2.24, 2.45) is 0 Å². The van der Waals surface area contributed by atoms with Crippen LogP contribution in [0.1, 0.15) is 36.8 Å². The largest absolute Gasteiger partial charge is 0.379 e. The first kappa shape index (κ1) is 23.0. The number of benzene rings is 2. The van der Waals surface area contributed by atoms with Gasteiger partial charge < -0.3 is 15.0 Å². The number of amides is 2. The van der Waals surface area contributed by atoms with Crippen LogP contribution in [-0.4, -0.2) is 58.2 Å². The summed E-state index contributed by atoms with van der Waals surface area (Å²) in [5.74, 6) is 0. The summed E-state index contributed by atoms with van der Waals surface area (Å²) in [6, 6.07) is 12.1. The molecule has 5 rings (SSSR count). The van der Waals surface area contributed by atoms with Gasteiger partial charge in [0.1, 0.15) is 0 Å². The Kier molecular flexibility index (Phi) is 5.97. The number of sulfonamides is 1. The molecule has 7 nitrogen and oxygen atoms in total. The summed E-state index contributed by atoms with van der Waals surface area (Å²) >= 11 is 0. The zero-order chi connectivity index (χ0) is 23.9. The highest BCUT2D eigenvalue weighted by atomic mass is 32.2. The van der Waals surface area contributed by atoms with E-state index in [4.69, 9.17) is 4.74 Å². The fourth-order valence-corrected chi connectivity index (χ4v) is 6.76. The Morgan fingerprint density at radius 1 is 1.09 bits per heavy atom. The number of para-hydroxylation sites is 1. The lowest BCUT2D eigenvalue weighted by Crippen LogP contribution is -2.52. The van der Waals surface area contributed by atoms with Crippen molar-refractivity contribution in [2.75, 3.05) is 37.2 Å². The van der Waals surface area contributed by atoms with Crippen LogP contribution in [0.5, 0.6) is 0 Å². The number of hydrogen-bond donors (Lipinski definition) is 1. The molecule has 3 aliphatic heterocycles. The maximum Gasteiger partial charge on any atom is 0.317 e. The van der Waals surface area contributed by atoms with Crippen molar-refractivity contribution in [1.82, 2.24) is 10.2 Å². The highest BCUT2D eigenvalue weighted by Crippen LogP contribution is 2.48. The second kappa shape index (κ2) is 8.81. The molecule has 2 aromatic carbocycles. The quantitative estimate of drug-likeness (QED) is 0.708. The fraction of sp³-hybridized carbons (Fsp3) is 0.458. The van der Waals surface area contributed by atoms with Crippen LogP contribution in [-0.2, 0) is 20.2 Å². The van der Waals surface area contributed by atoms with Crippen LogP contribution in [0.4, 0.5) is 19.3 Å². The summed E-state index contributed by atoms with van der Waals surface area (Å²) in [5, 5.41) is 3.02. The second-order valence-electron chi connectivity index (χ2n) is 9.18. The number of halogens is 2. The van der Waals surface area contributed by atoms with E-state index < -0.39 is 21.9 Å². The number of ether oxygens (including phenoxy) is 1. The maximum absolute atomic E-state index is 13.5. The van der Waals surface area contributed by atoms with Gasteiger partial charge in [-0.3, -0.25) is 4.31 Å². The molecular weight excluding hydrogens is 464 g/mol. The van der Waals surface area contributed by atoms with Gasteiger partial charge in [0.25, 0.3) is 16.4 Å². The van der Waals surface area contributed by atoms with E-state index in [2.05, 4.69) is 5.32 Å². The van der Waals surface area contributed by atoms with Crippen molar-refractivity contribution >= 4 is 21.7 Å². The molecule has 0 aromatic heterocycles. The molecule has 0 bridgehead atoms. The standard InChI is InChI=1S/C24H27F2N3O4S/c25-22(26)17-5-7-19(8-6-17)34(31,32)29-16-24(20-3-1-2-4-21(20)29)10-12-28(13-11-24)23(30)27-18-9-14-33-15-18/h1-8,18,22H,9-16H2,(H,27,30). The average molecular weight is 492 g/mol. The Bertz CT molecular complexity index is 1160. The number of piperidine rings is 1. The van der Waals surface area contributed by atoms with Crippen LogP contribution < -0.4 is 9.62 Å². The van der Waals surface area contributed by atoms with E-state index in [1.807, 2.05) is 12.1 Å². The van der Waals surface area contributed by atoms with Gasteiger partial charge in [0.05, 0.1) is 23.2 Å². The normalized spacial score (nSPS) is 21.8. The molecule has 2 saturated heterocycles. The highest BCUT2D eigenvalue weighted by molar-refractivity contribution is 7.92. The Labute approximate surface area is 197 Å². The third-order valence-electron chi connectivity index (χ3n) is 7.18. The van der Waals surface area contributed by atoms with E-state index in [9.17, 15) is 22.0 Å². The molecule has 34 heavy (non-hydrogen) atoms. The molecule has 182 valence electrons. The van der Waals surface area contributed by atoms with Crippen molar-refractivity contribution in [3.05, 3.63) is 59.7 Å². The molecule has 2 aromatic rings. The first-order valence-electron chi connectivity index (χ1n) is 11.4. The highest BCUT2D eigenvalue weighted by Gasteiger charge is 2.48. The third kappa shape index (κ3) is 4.02. The summed E-state index contributed by atoms with van der Waals surface area (Å²) in [7, 11) is -3.93. The number of anilines is 1. The lowest BCUT2D eigenvalue weighted by atomic mass is 9.74. The van der Waals surface area contributed by atoms with Crippen LogP contribution in [0.25, 0.3) is 0 Å². The number of rotatable bonds is 4. The minimum Gasteiger partial charge on any atom is -0.379 e. The summed E-state index contributed by atoms with van der Waals surface area (Å²) in [6.07, 6.45) is -0.581. The number of carbonyl (C=O) groups excluding carboxylic acids is 1. The smallest absolute Gasteiger partial charge is 0.317 e. The molecule has 3 heterocycles. The van der Waals surface area contributed by atoms with Crippen LogP contribution in [0.3, 0.4) is 0 Å². The summed E-state index contributed by atoms with van der Waals surface area (Å²) < 4.78 is 59.6. The molecule has 0 aliphatic carbocycles. The monoisotopic (exact) mass is 491 g/mol. The summed E-state index contributed by atoms with van der Waals surface area (Å²) in [4.78, 5) is 14.5. The Morgan fingerprint density at radius 3 is 2.44 bits per heavy atom. The molecule has 10 heteroatoms. The number of carbonyl (C=O) groups is 1. The minimum absolute atomic E-state index is 0.0145. The lowest BCUT2D eigenvalue weighted by molar-refractivity contribution is 0.151. The molecule has 1 unspecified atom stereocenters. The molecule has 0 radical (unpaired) electrons. The zero-order valence-corrected chi connectivity index (χ0v) is 19.4. The van der Waals surface area contributed by atoms with Gasteiger partial charge in [-0.15, -0.1) is 0 Å². The third-order valence-corrected chi connectivity index (χ3v) is 8.95. The molecular formula is C24H27F2N3O4S. The number of urea groups is 1. The van der Waals surface area contributed by atoms with Gasteiger partial charge in [-0.2, -0.15) is 0 Å². The SMILES string of the molecule is O=C(NC1CCOC1)N1CCC2(CC1)CN(S(=O)(=O)c1ccc(C(F)F)cc1)c1ccccc12. The number of hydrogen-bond acceptors (Lipinski definition) is 4. The van der Waals surface area contributed by atoms with E-state index in [1.165, 1.54) is 16.4 Å². The predicted molar refractivity (Wildman–Crippen MR) is 123 cm³/mol. The van der Waals surface area contributed by atoms with Crippen molar-refractivity contribution in [1.29, 1.82) is 0 Å². The van der Waals surface area contributed by atoms with Gasteiger partial charge in [0.2, 0.25) is 0 Å². The van der Waals surface area contributed by atoms with Gasteiger partial charge in [-0.1, -0.05) is 30.3 Å². The first-order valence-corrected chi connectivity index (χ1v) is 12.9. The Hall–Kier alpha value is -2.72. The Morgan fingerprint density at radius 2 is 1.79 bits per heavy atom. The zero-order valence-electron chi connectivity index (χ0n) is 18.6. The summed E-state index contributed by atoms with van der Waals surface area (Å²) in [5.41, 5.74) is 0.945. The molecule has 2 fully saturated rings. The van der Waals surface area contributed by atoms with Crippen LogP contribution >= 0.6 is 0 Å². The molecule has 1 N–H and O–H groups in total. The molecule has 0 saturated carbocycles. The van der Waals surface area contributed by atoms with Crippen LogP contribution in [0.15, 0.2) is 53.4 Å². The lowest BCUT2D eigenvalue weighted by Gasteiger charge is -2.40. The maximum atomic E-state index is 13.5. The number of likely N-dealkylation sites (tertiary alicyclic amines) is 1. The van der Waals surface area contributed by atoms with E-state index in [0.717, 1.165) is 24.1 Å². The van der Waals surface area contributed by atoms with Gasteiger partial charge >= 0.3 is 6.03 Å². The average Bonchev–Trinajstić information content (AvgIpc) is 3.47. The van der Waals surface area contributed by atoms with E-state index in [-0.39, 0.29) is 29.1 Å². The second-order valence-corrected chi connectivity index (χ2v) is 11.0. The number of alkyl halides is 2. The number of fused-ring (bicyclic) bond motifs is 2. The van der Waals surface area contributed by atoms with Crippen molar-refractivity contribution in [3.63, 3.8) is 0 Å². The fourth-order valence-electron chi connectivity index (χ4n) is 5.19. The summed E-state index contributed by atoms with van der Waals surface area (Å²) in [6.45, 7) is 2.48. The van der Waals surface area contributed by atoms with Crippen LogP contribution in [0.2, 0.25) is 0 Å². The molecule has 1 atom stereocenters. The van der Waals surface area contributed by atoms with Crippen molar-refractivity contribution in [2.45, 2.75) is 42.0 Å². The molecule has 3 aliphatic rings.